The molecule has 2 saturated heterocycles. The third-order valence-electron chi connectivity index (χ3n) is 6.54. The highest BCUT2D eigenvalue weighted by molar-refractivity contribution is 8.00. The van der Waals surface area contributed by atoms with Gasteiger partial charge in [0.1, 0.15) is 5.78 Å². The van der Waals surface area contributed by atoms with E-state index in [-0.39, 0.29) is 0 Å². The summed E-state index contributed by atoms with van der Waals surface area (Å²) in [5.41, 5.74) is 3.27. The largest absolute Gasteiger partial charge is 0.302 e. The third kappa shape index (κ3) is 4.15. The number of ketones is 1. The second-order valence-corrected chi connectivity index (χ2v) is 10.3. The van der Waals surface area contributed by atoms with Gasteiger partial charge in [0.2, 0.25) is 0 Å². The van der Waals surface area contributed by atoms with Crippen LogP contribution in [-0.4, -0.2) is 41.8 Å². The monoisotopic (exact) mass is 391 g/mol. The number of rotatable bonds is 5. The average molecular weight is 392 g/mol. The van der Waals surface area contributed by atoms with E-state index in [1.54, 1.807) is 0 Å². The van der Waals surface area contributed by atoms with E-state index in [9.17, 15) is 4.79 Å². The minimum absolute atomic E-state index is 0.409. The Bertz CT molecular complexity index is 662. The Kier molecular flexibility index (Phi) is 5.69. The fraction of sp³-hybridized carbons (Fsp3) is 0.682. The van der Waals surface area contributed by atoms with Crippen molar-refractivity contribution in [3.05, 3.63) is 34.3 Å². The normalized spacial score (nSPS) is 24.8. The molecule has 1 atom stereocenters. The standard InChI is InChI=1S/C22H30ClNOS/c1-16(12-24-9-8-22(13-24)14-26-15-22)10-17-2-7-20(21(23)11-17)18-3-5-19(25)6-4-18/h2,7,11,16,18H,3-6,8-10,12-15H2,1H3. The van der Waals surface area contributed by atoms with Crippen molar-refractivity contribution < 1.29 is 4.79 Å². The van der Waals surface area contributed by atoms with Gasteiger partial charge in [-0.15, -0.1) is 0 Å². The van der Waals surface area contributed by atoms with Gasteiger partial charge in [0.15, 0.2) is 0 Å². The number of hydrogen-bond acceptors (Lipinski definition) is 3. The Hall–Kier alpha value is -0.510. The summed E-state index contributed by atoms with van der Waals surface area (Å²) in [7, 11) is 0. The van der Waals surface area contributed by atoms with Crippen LogP contribution in [0.3, 0.4) is 0 Å². The molecule has 0 radical (unpaired) electrons. The molecule has 2 nitrogen and oxygen atoms in total. The lowest BCUT2D eigenvalue weighted by Gasteiger charge is -2.37. The molecule has 0 bridgehead atoms. The van der Waals surface area contributed by atoms with Gasteiger partial charge < -0.3 is 4.90 Å². The van der Waals surface area contributed by atoms with E-state index in [0.717, 1.165) is 37.1 Å². The lowest BCUT2D eigenvalue weighted by Crippen LogP contribution is -2.39. The smallest absolute Gasteiger partial charge is 0.132 e. The van der Waals surface area contributed by atoms with E-state index in [2.05, 4.69) is 41.8 Å². The molecule has 1 unspecified atom stereocenters. The minimum atomic E-state index is 0.409. The number of carbonyl (C=O) groups is 1. The van der Waals surface area contributed by atoms with Gasteiger partial charge in [0.25, 0.3) is 0 Å². The first-order chi connectivity index (χ1) is 12.5. The fourth-order valence-electron chi connectivity index (χ4n) is 5.00. The Labute approximate surface area is 167 Å². The zero-order valence-corrected chi connectivity index (χ0v) is 17.4. The van der Waals surface area contributed by atoms with Gasteiger partial charge in [-0.1, -0.05) is 30.7 Å². The molecule has 0 aromatic heterocycles. The van der Waals surface area contributed by atoms with Crippen molar-refractivity contribution >= 4 is 29.1 Å². The summed E-state index contributed by atoms with van der Waals surface area (Å²) in [5.74, 6) is 4.29. The van der Waals surface area contributed by atoms with Crippen molar-refractivity contribution in [1.29, 1.82) is 0 Å². The van der Waals surface area contributed by atoms with Crippen LogP contribution >= 0.6 is 23.4 Å². The van der Waals surface area contributed by atoms with Gasteiger partial charge in [0, 0.05) is 47.9 Å². The predicted molar refractivity (Wildman–Crippen MR) is 111 cm³/mol. The van der Waals surface area contributed by atoms with Gasteiger partial charge >= 0.3 is 0 Å². The van der Waals surface area contributed by atoms with E-state index in [1.807, 2.05) is 0 Å². The van der Waals surface area contributed by atoms with Gasteiger partial charge in [-0.05, 0) is 61.3 Å². The third-order valence-corrected chi connectivity index (χ3v) is 8.50. The molecule has 1 spiro atoms. The minimum Gasteiger partial charge on any atom is -0.302 e. The van der Waals surface area contributed by atoms with Crippen molar-refractivity contribution in [1.82, 2.24) is 4.90 Å². The highest BCUT2D eigenvalue weighted by Crippen LogP contribution is 2.45. The Balaban J connectivity index is 1.31. The van der Waals surface area contributed by atoms with Gasteiger partial charge in [-0.25, -0.2) is 0 Å². The van der Waals surface area contributed by atoms with Crippen molar-refractivity contribution in [3.8, 4) is 0 Å². The molecule has 142 valence electrons. The molecule has 26 heavy (non-hydrogen) atoms. The highest BCUT2D eigenvalue weighted by atomic mass is 35.5. The number of likely N-dealkylation sites (tertiary alicyclic amines) is 1. The summed E-state index contributed by atoms with van der Waals surface area (Å²) in [4.78, 5) is 14.1. The molecule has 0 N–H and O–H groups in total. The Morgan fingerprint density at radius 1 is 1.31 bits per heavy atom. The summed E-state index contributed by atoms with van der Waals surface area (Å²) in [6.07, 6.45) is 5.86. The fourth-order valence-corrected chi connectivity index (χ4v) is 6.61. The molecule has 0 amide bonds. The molecule has 1 aromatic rings. The van der Waals surface area contributed by atoms with Crippen LogP contribution in [0.15, 0.2) is 18.2 Å². The zero-order chi connectivity index (χ0) is 18.1. The van der Waals surface area contributed by atoms with E-state index in [0.29, 0.717) is 23.0 Å². The van der Waals surface area contributed by atoms with Crippen molar-refractivity contribution in [2.24, 2.45) is 11.3 Å². The molecule has 2 heterocycles. The predicted octanol–water partition coefficient (Wildman–Crippen LogP) is 5.18. The molecule has 4 rings (SSSR count). The van der Waals surface area contributed by atoms with Crippen LogP contribution in [0, 0.1) is 11.3 Å². The lowest BCUT2D eigenvalue weighted by atomic mass is 9.83. The molecule has 4 heteroatoms. The number of Topliss-reactive ketones (excluding diaryl/α,β-unsaturated/α-hetero) is 1. The Morgan fingerprint density at radius 3 is 2.69 bits per heavy atom. The maximum absolute atomic E-state index is 11.5. The van der Waals surface area contributed by atoms with Crippen molar-refractivity contribution in [2.45, 2.75) is 51.4 Å². The molecular weight excluding hydrogens is 362 g/mol. The summed E-state index contributed by atoms with van der Waals surface area (Å²) >= 11 is 8.73. The molecular formula is C22H30ClNOS. The second-order valence-electron chi connectivity index (χ2n) is 8.96. The van der Waals surface area contributed by atoms with Crippen LogP contribution in [0.2, 0.25) is 5.02 Å². The molecule has 1 aliphatic carbocycles. The van der Waals surface area contributed by atoms with E-state index < -0.39 is 0 Å². The maximum atomic E-state index is 11.5. The van der Waals surface area contributed by atoms with Crippen LogP contribution in [0.4, 0.5) is 0 Å². The van der Waals surface area contributed by atoms with Gasteiger partial charge in [-0.3, -0.25) is 4.79 Å². The summed E-state index contributed by atoms with van der Waals surface area (Å²) in [6.45, 7) is 6.17. The van der Waals surface area contributed by atoms with Crippen LogP contribution in [0.25, 0.3) is 0 Å². The first-order valence-corrected chi connectivity index (χ1v) is 11.7. The maximum Gasteiger partial charge on any atom is 0.132 e. The van der Waals surface area contributed by atoms with E-state index >= 15 is 0 Å². The lowest BCUT2D eigenvalue weighted by molar-refractivity contribution is -0.120. The van der Waals surface area contributed by atoms with E-state index in [1.165, 1.54) is 48.7 Å². The van der Waals surface area contributed by atoms with Crippen LogP contribution in [0.1, 0.15) is 56.1 Å². The number of thioether (sulfide) groups is 1. The zero-order valence-electron chi connectivity index (χ0n) is 15.8. The highest BCUT2D eigenvalue weighted by Gasteiger charge is 2.43. The Morgan fingerprint density at radius 2 is 2.08 bits per heavy atom. The SMILES string of the molecule is CC(Cc1ccc(C2CCC(=O)CC2)c(Cl)c1)CN1CCC2(CSC2)C1. The van der Waals surface area contributed by atoms with Crippen molar-refractivity contribution in [3.63, 3.8) is 0 Å². The summed E-state index contributed by atoms with van der Waals surface area (Å²) in [6, 6.07) is 6.67. The second kappa shape index (κ2) is 7.85. The van der Waals surface area contributed by atoms with Gasteiger partial charge in [-0.2, -0.15) is 11.8 Å². The molecule has 2 aliphatic heterocycles. The average Bonchev–Trinajstić information content (AvgIpc) is 3.00. The van der Waals surface area contributed by atoms with Crippen molar-refractivity contribution in [2.75, 3.05) is 31.1 Å². The van der Waals surface area contributed by atoms with Gasteiger partial charge in [0.05, 0.1) is 0 Å². The number of nitrogens with zero attached hydrogens (tertiary/aromatic N) is 1. The first kappa shape index (κ1) is 18.8. The molecule has 1 saturated carbocycles. The molecule has 1 aromatic carbocycles. The van der Waals surface area contributed by atoms with Crippen LogP contribution in [0.5, 0.6) is 0 Å². The summed E-state index contributed by atoms with van der Waals surface area (Å²) < 4.78 is 0. The number of benzene rings is 1. The molecule has 3 fully saturated rings. The topological polar surface area (TPSA) is 20.3 Å². The number of halogens is 1. The van der Waals surface area contributed by atoms with E-state index in [4.69, 9.17) is 11.6 Å². The molecule has 3 aliphatic rings. The number of carbonyl (C=O) groups excluding carboxylic acids is 1. The first-order valence-electron chi connectivity index (χ1n) is 10.1. The number of hydrogen-bond donors (Lipinski definition) is 0. The van der Waals surface area contributed by atoms with Crippen LogP contribution < -0.4 is 0 Å². The quantitative estimate of drug-likeness (QED) is 0.689. The van der Waals surface area contributed by atoms with Crippen LogP contribution in [-0.2, 0) is 11.2 Å². The summed E-state index contributed by atoms with van der Waals surface area (Å²) in [5, 5.41) is 0.903.